The van der Waals surface area contributed by atoms with Gasteiger partial charge in [-0.15, -0.1) is 0 Å². The second-order valence-electron chi connectivity index (χ2n) is 6.22. The number of imidazole rings is 1. The molecule has 21 heavy (non-hydrogen) atoms. The van der Waals surface area contributed by atoms with Crippen LogP contribution in [0.5, 0.6) is 0 Å². The van der Waals surface area contributed by atoms with Crippen LogP contribution in [0.3, 0.4) is 0 Å². The van der Waals surface area contributed by atoms with Crippen molar-refractivity contribution in [2.45, 2.75) is 52.0 Å². The zero-order valence-electron chi connectivity index (χ0n) is 12.8. The first kappa shape index (κ1) is 14.1. The summed E-state index contributed by atoms with van der Waals surface area (Å²) in [7, 11) is 0. The third-order valence-electron chi connectivity index (χ3n) is 4.80. The topological polar surface area (TPSA) is 55.1 Å². The van der Waals surface area contributed by atoms with Gasteiger partial charge in [0.05, 0.1) is 11.1 Å². The maximum atomic E-state index is 11.4. The summed E-state index contributed by atoms with van der Waals surface area (Å²) in [6, 6.07) is 5.80. The molecule has 0 amide bonds. The van der Waals surface area contributed by atoms with Crippen molar-refractivity contribution in [3.8, 4) is 0 Å². The number of para-hydroxylation sites is 1. The molecule has 0 radical (unpaired) electrons. The van der Waals surface area contributed by atoms with Crippen LogP contribution in [0.4, 0.5) is 0 Å². The molecule has 1 heterocycles. The first-order valence-electron chi connectivity index (χ1n) is 7.78. The van der Waals surface area contributed by atoms with Crippen LogP contribution < -0.4 is 0 Å². The van der Waals surface area contributed by atoms with Gasteiger partial charge in [-0.05, 0) is 37.8 Å². The van der Waals surface area contributed by atoms with Crippen LogP contribution >= 0.6 is 0 Å². The molecule has 2 unspecified atom stereocenters. The number of hydrogen-bond acceptors (Lipinski definition) is 2. The summed E-state index contributed by atoms with van der Waals surface area (Å²) >= 11 is 0. The number of carboxylic acids is 1. The van der Waals surface area contributed by atoms with Gasteiger partial charge in [-0.3, -0.25) is 0 Å². The molecule has 112 valence electrons. The van der Waals surface area contributed by atoms with E-state index in [-0.39, 0.29) is 0 Å². The number of carbonyl (C=O) groups is 1. The summed E-state index contributed by atoms with van der Waals surface area (Å²) in [6.45, 7) is 6.66. The fourth-order valence-electron chi connectivity index (χ4n) is 2.96. The molecule has 4 nitrogen and oxygen atoms in total. The number of fused-ring (bicyclic) bond motifs is 1. The highest BCUT2D eigenvalue weighted by Gasteiger charge is 2.32. The Kier molecular flexibility index (Phi) is 3.47. The van der Waals surface area contributed by atoms with E-state index in [9.17, 15) is 9.90 Å². The molecule has 1 aromatic heterocycles. The minimum atomic E-state index is -0.899. The van der Waals surface area contributed by atoms with Crippen LogP contribution in [0, 0.1) is 5.92 Å². The van der Waals surface area contributed by atoms with Crippen LogP contribution in [-0.4, -0.2) is 20.6 Å². The van der Waals surface area contributed by atoms with Crippen LogP contribution in [0.25, 0.3) is 11.0 Å². The van der Waals surface area contributed by atoms with E-state index in [0.29, 0.717) is 29.0 Å². The highest BCUT2D eigenvalue weighted by Crippen LogP contribution is 2.43. The van der Waals surface area contributed by atoms with E-state index in [4.69, 9.17) is 4.98 Å². The van der Waals surface area contributed by atoms with Crippen molar-refractivity contribution < 1.29 is 9.90 Å². The quantitative estimate of drug-likeness (QED) is 0.895. The van der Waals surface area contributed by atoms with Gasteiger partial charge in [0.1, 0.15) is 11.3 Å². The van der Waals surface area contributed by atoms with Gasteiger partial charge >= 0.3 is 5.97 Å². The molecule has 1 saturated carbocycles. The molecule has 0 saturated heterocycles. The first-order valence-corrected chi connectivity index (χ1v) is 7.78. The van der Waals surface area contributed by atoms with Crippen LogP contribution in [0.2, 0.25) is 0 Å². The van der Waals surface area contributed by atoms with Gasteiger partial charge in [0.2, 0.25) is 0 Å². The summed E-state index contributed by atoms with van der Waals surface area (Å²) in [4.78, 5) is 16.1. The highest BCUT2D eigenvalue weighted by molar-refractivity contribution is 6.01. The predicted molar refractivity (Wildman–Crippen MR) is 82.8 cm³/mol. The van der Waals surface area contributed by atoms with E-state index in [1.165, 1.54) is 12.8 Å². The molecular weight excluding hydrogens is 264 g/mol. The summed E-state index contributed by atoms with van der Waals surface area (Å²) in [5, 5.41) is 9.38. The van der Waals surface area contributed by atoms with Gasteiger partial charge in [-0.1, -0.05) is 26.3 Å². The Morgan fingerprint density at radius 3 is 2.71 bits per heavy atom. The molecule has 4 heteroatoms. The van der Waals surface area contributed by atoms with Crippen LogP contribution in [0.1, 0.15) is 68.2 Å². The SMILES string of the molecule is CCC(C)C(C)n1c(C2CC2)nc2c(C(=O)O)cccc21. The summed E-state index contributed by atoms with van der Waals surface area (Å²) < 4.78 is 2.29. The second kappa shape index (κ2) is 5.17. The Labute approximate surface area is 124 Å². The largest absolute Gasteiger partial charge is 0.478 e. The minimum Gasteiger partial charge on any atom is -0.478 e. The standard InChI is InChI=1S/C17H22N2O2/c1-4-10(2)11(3)19-14-7-5-6-13(17(20)21)15(14)18-16(19)12-8-9-12/h5-7,10-12H,4,8-9H2,1-3H3,(H,20,21). The number of rotatable bonds is 5. The lowest BCUT2D eigenvalue weighted by atomic mass is 10.00. The molecule has 0 spiro atoms. The van der Waals surface area contributed by atoms with Crippen LogP contribution in [-0.2, 0) is 0 Å². The molecule has 1 N–H and O–H groups in total. The molecule has 1 aliphatic rings. The van der Waals surface area contributed by atoms with Crippen molar-refractivity contribution in [2.75, 3.05) is 0 Å². The van der Waals surface area contributed by atoms with E-state index < -0.39 is 5.97 Å². The molecule has 1 fully saturated rings. The molecular formula is C17H22N2O2. The van der Waals surface area contributed by atoms with Crippen molar-refractivity contribution in [2.24, 2.45) is 5.92 Å². The van der Waals surface area contributed by atoms with Crippen molar-refractivity contribution in [1.82, 2.24) is 9.55 Å². The Morgan fingerprint density at radius 1 is 1.43 bits per heavy atom. The molecule has 1 aliphatic carbocycles. The third kappa shape index (κ3) is 2.33. The van der Waals surface area contributed by atoms with E-state index >= 15 is 0 Å². The number of hydrogen-bond donors (Lipinski definition) is 1. The molecule has 0 bridgehead atoms. The lowest BCUT2D eigenvalue weighted by Gasteiger charge is -2.23. The Balaban J connectivity index is 2.23. The fraction of sp³-hybridized carbons (Fsp3) is 0.529. The molecule has 0 aliphatic heterocycles. The number of carboxylic acid groups (broad SMARTS) is 1. The van der Waals surface area contributed by atoms with Crippen molar-refractivity contribution >= 4 is 17.0 Å². The lowest BCUT2D eigenvalue weighted by molar-refractivity contribution is 0.0699. The van der Waals surface area contributed by atoms with Gasteiger partial charge in [0, 0.05) is 12.0 Å². The number of benzene rings is 1. The molecule has 3 rings (SSSR count). The monoisotopic (exact) mass is 286 g/mol. The summed E-state index contributed by atoms with van der Waals surface area (Å²) in [5.74, 6) is 1.22. The second-order valence-corrected chi connectivity index (χ2v) is 6.22. The van der Waals surface area contributed by atoms with Gasteiger partial charge in [0.25, 0.3) is 0 Å². The van der Waals surface area contributed by atoms with Crippen molar-refractivity contribution in [1.29, 1.82) is 0 Å². The average Bonchev–Trinajstić information content (AvgIpc) is 3.25. The fourth-order valence-corrected chi connectivity index (χ4v) is 2.96. The van der Waals surface area contributed by atoms with E-state index in [0.717, 1.165) is 17.8 Å². The average molecular weight is 286 g/mol. The zero-order chi connectivity index (χ0) is 15.1. The number of nitrogens with zero attached hydrogens (tertiary/aromatic N) is 2. The number of aromatic nitrogens is 2. The van der Waals surface area contributed by atoms with E-state index in [1.54, 1.807) is 6.07 Å². The Morgan fingerprint density at radius 2 is 2.14 bits per heavy atom. The maximum Gasteiger partial charge on any atom is 0.337 e. The lowest BCUT2D eigenvalue weighted by Crippen LogP contribution is -2.15. The normalized spacial score (nSPS) is 17.9. The number of aromatic carboxylic acids is 1. The van der Waals surface area contributed by atoms with E-state index in [1.807, 2.05) is 12.1 Å². The Hall–Kier alpha value is -1.84. The first-order chi connectivity index (χ1) is 10.0. The molecule has 2 aromatic rings. The van der Waals surface area contributed by atoms with Gasteiger partial charge < -0.3 is 9.67 Å². The summed E-state index contributed by atoms with van der Waals surface area (Å²) in [6.07, 6.45) is 3.43. The zero-order valence-corrected chi connectivity index (χ0v) is 12.8. The Bertz CT molecular complexity index is 685. The minimum absolute atomic E-state index is 0.310. The molecule has 2 atom stereocenters. The van der Waals surface area contributed by atoms with Crippen molar-refractivity contribution in [3.05, 3.63) is 29.6 Å². The van der Waals surface area contributed by atoms with Crippen molar-refractivity contribution in [3.63, 3.8) is 0 Å². The third-order valence-corrected chi connectivity index (χ3v) is 4.80. The van der Waals surface area contributed by atoms with Crippen LogP contribution in [0.15, 0.2) is 18.2 Å². The smallest absolute Gasteiger partial charge is 0.337 e. The van der Waals surface area contributed by atoms with Gasteiger partial charge in [0.15, 0.2) is 0 Å². The highest BCUT2D eigenvalue weighted by atomic mass is 16.4. The molecule has 1 aromatic carbocycles. The van der Waals surface area contributed by atoms with Gasteiger partial charge in [-0.25, -0.2) is 9.78 Å². The van der Waals surface area contributed by atoms with E-state index in [2.05, 4.69) is 25.3 Å². The predicted octanol–water partition coefficient (Wildman–Crippen LogP) is 4.22. The van der Waals surface area contributed by atoms with Gasteiger partial charge in [-0.2, -0.15) is 0 Å². The summed E-state index contributed by atoms with van der Waals surface area (Å²) in [5.41, 5.74) is 1.91. The maximum absolute atomic E-state index is 11.4.